The first kappa shape index (κ1) is 12.2. The summed E-state index contributed by atoms with van der Waals surface area (Å²) in [5.74, 6) is -0.0603. The topological polar surface area (TPSA) is 37.4 Å². The van der Waals surface area contributed by atoms with Gasteiger partial charge in [-0.15, -0.1) is 0 Å². The van der Waals surface area contributed by atoms with Gasteiger partial charge in [0.05, 0.1) is 6.42 Å². The summed E-state index contributed by atoms with van der Waals surface area (Å²) in [6.45, 7) is 1.47. The molecule has 0 aromatic carbocycles. The third-order valence-corrected chi connectivity index (χ3v) is 3.17. The molecule has 0 atom stereocenters. The summed E-state index contributed by atoms with van der Waals surface area (Å²) in [5.41, 5.74) is 0. The highest BCUT2D eigenvalue weighted by molar-refractivity contribution is 5.96. The minimum atomic E-state index is -0.0412. The van der Waals surface area contributed by atoms with E-state index in [4.69, 9.17) is 0 Å². The van der Waals surface area contributed by atoms with Crippen molar-refractivity contribution >= 4 is 11.7 Å². The van der Waals surface area contributed by atoms with E-state index in [9.17, 15) is 9.59 Å². The number of carbonyl (C=O) groups is 2. The van der Waals surface area contributed by atoms with Gasteiger partial charge >= 0.3 is 0 Å². The molecule has 1 saturated carbocycles. The Morgan fingerprint density at radius 1 is 1.13 bits per heavy atom. The van der Waals surface area contributed by atoms with Crippen LogP contribution < -0.4 is 0 Å². The number of rotatable bonds is 3. The zero-order valence-electron chi connectivity index (χ0n) is 9.79. The smallest absolute Gasteiger partial charge is 0.229 e. The van der Waals surface area contributed by atoms with Gasteiger partial charge in [0.15, 0.2) is 0 Å². The third-order valence-electron chi connectivity index (χ3n) is 3.17. The summed E-state index contributed by atoms with van der Waals surface area (Å²) < 4.78 is 0. The molecule has 1 aliphatic carbocycles. The molecule has 3 heteroatoms. The number of Topliss-reactive ketones (excluding diaryl/α,β-unsaturated/α-hetero) is 1. The molecule has 1 fully saturated rings. The van der Waals surface area contributed by atoms with E-state index in [-0.39, 0.29) is 18.1 Å². The number of hydrogen-bond acceptors (Lipinski definition) is 2. The molecule has 1 amide bonds. The van der Waals surface area contributed by atoms with Crippen molar-refractivity contribution in [1.29, 1.82) is 0 Å². The Hall–Kier alpha value is -0.860. The molecule has 0 heterocycles. The van der Waals surface area contributed by atoms with Crippen LogP contribution in [0.2, 0.25) is 0 Å². The molecular weight excluding hydrogens is 190 g/mol. The maximum Gasteiger partial charge on any atom is 0.229 e. The Bertz CT molecular complexity index is 230. The predicted octanol–water partition coefficient (Wildman–Crippen LogP) is 2.15. The normalized spacial score (nSPS) is 18.3. The van der Waals surface area contributed by atoms with Gasteiger partial charge in [0.25, 0.3) is 0 Å². The zero-order valence-corrected chi connectivity index (χ0v) is 9.79. The van der Waals surface area contributed by atoms with Crippen LogP contribution in [0.3, 0.4) is 0 Å². The second-order valence-electron chi connectivity index (χ2n) is 4.53. The third kappa shape index (κ3) is 4.02. The standard InChI is InChI=1S/C12H21NO2/c1-10(14)9-12(15)13(2)11-7-5-3-4-6-8-11/h11H,3-9H2,1-2H3. The van der Waals surface area contributed by atoms with Gasteiger partial charge in [-0.3, -0.25) is 9.59 Å². The van der Waals surface area contributed by atoms with Crippen molar-refractivity contribution in [1.82, 2.24) is 4.90 Å². The Balaban J connectivity index is 2.46. The molecule has 86 valence electrons. The molecular formula is C12H21NO2. The molecule has 0 unspecified atom stereocenters. The minimum absolute atomic E-state index is 0.0191. The van der Waals surface area contributed by atoms with E-state index in [1.165, 1.54) is 32.6 Å². The monoisotopic (exact) mass is 211 g/mol. The maximum absolute atomic E-state index is 11.7. The molecule has 0 N–H and O–H groups in total. The fourth-order valence-electron chi connectivity index (χ4n) is 2.19. The average Bonchev–Trinajstić information content (AvgIpc) is 2.43. The van der Waals surface area contributed by atoms with Crippen molar-refractivity contribution in [3.63, 3.8) is 0 Å². The van der Waals surface area contributed by atoms with Crippen LogP contribution in [-0.2, 0) is 9.59 Å². The van der Waals surface area contributed by atoms with Crippen LogP contribution in [0.25, 0.3) is 0 Å². The van der Waals surface area contributed by atoms with Crippen LogP contribution in [0.4, 0.5) is 0 Å². The molecule has 15 heavy (non-hydrogen) atoms. The fourth-order valence-corrected chi connectivity index (χ4v) is 2.19. The summed E-state index contributed by atoms with van der Waals surface area (Å²) in [4.78, 5) is 24.3. The molecule has 0 bridgehead atoms. The van der Waals surface area contributed by atoms with Crippen molar-refractivity contribution in [3.05, 3.63) is 0 Å². The summed E-state index contributed by atoms with van der Waals surface area (Å²) in [6, 6.07) is 0.361. The average molecular weight is 211 g/mol. The van der Waals surface area contributed by atoms with E-state index < -0.39 is 0 Å². The highest BCUT2D eigenvalue weighted by Gasteiger charge is 2.21. The molecule has 3 nitrogen and oxygen atoms in total. The van der Waals surface area contributed by atoms with Crippen molar-refractivity contribution < 1.29 is 9.59 Å². The van der Waals surface area contributed by atoms with Crippen molar-refractivity contribution in [2.45, 2.75) is 57.9 Å². The highest BCUT2D eigenvalue weighted by Crippen LogP contribution is 2.21. The molecule has 0 aliphatic heterocycles. The maximum atomic E-state index is 11.7. The van der Waals surface area contributed by atoms with Crippen molar-refractivity contribution in [3.8, 4) is 0 Å². The summed E-state index contributed by atoms with van der Waals surface area (Å²) in [5, 5.41) is 0. The molecule has 0 radical (unpaired) electrons. The van der Waals surface area contributed by atoms with Gasteiger partial charge in [-0.25, -0.2) is 0 Å². The van der Waals surface area contributed by atoms with E-state index in [0.717, 1.165) is 12.8 Å². The molecule has 0 aromatic rings. The van der Waals surface area contributed by atoms with Crippen molar-refractivity contribution in [2.75, 3.05) is 7.05 Å². The molecule has 0 saturated heterocycles. The lowest BCUT2D eigenvalue weighted by Gasteiger charge is -2.26. The lowest BCUT2D eigenvalue weighted by molar-refractivity contribution is -0.135. The number of nitrogens with zero attached hydrogens (tertiary/aromatic N) is 1. The van der Waals surface area contributed by atoms with Crippen LogP contribution >= 0.6 is 0 Å². The van der Waals surface area contributed by atoms with E-state index in [0.29, 0.717) is 6.04 Å². The summed E-state index contributed by atoms with van der Waals surface area (Å²) in [7, 11) is 1.83. The lowest BCUT2D eigenvalue weighted by Crippen LogP contribution is -2.37. The number of carbonyl (C=O) groups excluding carboxylic acids is 2. The summed E-state index contributed by atoms with van der Waals surface area (Å²) >= 11 is 0. The van der Waals surface area contributed by atoms with Gasteiger partial charge in [0.1, 0.15) is 5.78 Å². The Morgan fingerprint density at radius 2 is 1.67 bits per heavy atom. The Labute approximate surface area is 91.8 Å². The molecule has 1 aliphatic rings. The fraction of sp³-hybridized carbons (Fsp3) is 0.833. The number of ketones is 1. The summed E-state index contributed by atoms with van der Waals surface area (Å²) in [6.07, 6.45) is 7.24. The number of amides is 1. The SMILES string of the molecule is CC(=O)CC(=O)N(C)C1CCCCCC1. The van der Waals surface area contributed by atoms with E-state index in [2.05, 4.69) is 0 Å². The Kier molecular flexibility index (Phi) is 4.79. The van der Waals surface area contributed by atoms with Gasteiger partial charge in [-0.1, -0.05) is 25.7 Å². The van der Waals surface area contributed by atoms with Crippen LogP contribution in [0, 0.1) is 0 Å². The van der Waals surface area contributed by atoms with Gasteiger partial charge in [-0.2, -0.15) is 0 Å². The van der Waals surface area contributed by atoms with Crippen molar-refractivity contribution in [2.24, 2.45) is 0 Å². The first-order chi connectivity index (χ1) is 7.11. The van der Waals surface area contributed by atoms with Crippen LogP contribution in [0.15, 0.2) is 0 Å². The van der Waals surface area contributed by atoms with Gasteiger partial charge < -0.3 is 4.90 Å². The van der Waals surface area contributed by atoms with Gasteiger partial charge in [0, 0.05) is 13.1 Å². The molecule has 0 spiro atoms. The van der Waals surface area contributed by atoms with Crippen LogP contribution in [0.5, 0.6) is 0 Å². The van der Waals surface area contributed by atoms with E-state index in [1.807, 2.05) is 7.05 Å². The van der Waals surface area contributed by atoms with E-state index in [1.54, 1.807) is 4.90 Å². The van der Waals surface area contributed by atoms with Crippen LogP contribution in [-0.4, -0.2) is 29.7 Å². The molecule has 1 rings (SSSR count). The molecule has 0 aromatic heterocycles. The highest BCUT2D eigenvalue weighted by atomic mass is 16.2. The lowest BCUT2D eigenvalue weighted by atomic mass is 10.1. The van der Waals surface area contributed by atoms with E-state index >= 15 is 0 Å². The largest absolute Gasteiger partial charge is 0.342 e. The van der Waals surface area contributed by atoms with Gasteiger partial charge in [0.2, 0.25) is 5.91 Å². The van der Waals surface area contributed by atoms with Gasteiger partial charge in [-0.05, 0) is 19.8 Å². The zero-order chi connectivity index (χ0) is 11.3. The first-order valence-corrected chi connectivity index (χ1v) is 5.86. The predicted molar refractivity (Wildman–Crippen MR) is 59.6 cm³/mol. The number of hydrogen-bond donors (Lipinski definition) is 0. The second kappa shape index (κ2) is 5.89. The minimum Gasteiger partial charge on any atom is -0.342 e. The van der Waals surface area contributed by atoms with Crippen LogP contribution in [0.1, 0.15) is 51.9 Å². The first-order valence-electron chi connectivity index (χ1n) is 5.86. The quantitative estimate of drug-likeness (QED) is 0.530. The Morgan fingerprint density at radius 3 is 2.13 bits per heavy atom. The second-order valence-corrected chi connectivity index (χ2v) is 4.53.